The summed E-state index contributed by atoms with van der Waals surface area (Å²) in [6.07, 6.45) is 1.58. The van der Waals surface area contributed by atoms with E-state index in [1.165, 1.54) is 0 Å². The first-order valence-corrected chi connectivity index (χ1v) is 9.69. The maximum atomic E-state index is 12.9. The number of carbonyl (C=O) groups excluding carboxylic acids is 1. The molecule has 0 atom stereocenters. The molecule has 2 N–H and O–H groups in total. The number of para-hydroxylation sites is 2. The first-order chi connectivity index (χ1) is 14.7. The molecule has 0 spiro atoms. The molecule has 1 saturated heterocycles. The standard InChI is InChI=1S/C23H21N5O2/c24-16-17-4-3-5-18(14-17)26-19-8-9-25-21(15-19)23(29)27-20-6-1-2-7-22(20)28-10-12-30-13-11-28/h1-9,14-15H,10-13H2,(H,25,26)(H,27,29). The highest BCUT2D eigenvalue weighted by molar-refractivity contribution is 6.05. The maximum Gasteiger partial charge on any atom is 0.274 e. The summed E-state index contributed by atoms with van der Waals surface area (Å²) < 4.78 is 5.42. The number of hydrogen-bond acceptors (Lipinski definition) is 6. The van der Waals surface area contributed by atoms with Gasteiger partial charge in [-0.25, -0.2) is 0 Å². The van der Waals surface area contributed by atoms with Crippen molar-refractivity contribution in [2.45, 2.75) is 0 Å². The molecule has 1 aliphatic heterocycles. The van der Waals surface area contributed by atoms with Gasteiger partial charge in [-0.2, -0.15) is 5.26 Å². The van der Waals surface area contributed by atoms with E-state index in [9.17, 15) is 4.79 Å². The highest BCUT2D eigenvalue weighted by Crippen LogP contribution is 2.27. The van der Waals surface area contributed by atoms with Crippen LogP contribution in [0.5, 0.6) is 0 Å². The SMILES string of the molecule is N#Cc1cccc(Nc2ccnc(C(=O)Nc3ccccc3N3CCOCC3)c2)c1. The van der Waals surface area contributed by atoms with Crippen LogP contribution in [0, 0.1) is 11.3 Å². The molecule has 150 valence electrons. The average molecular weight is 399 g/mol. The first-order valence-electron chi connectivity index (χ1n) is 9.69. The molecule has 1 aliphatic rings. The molecule has 2 aromatic carbocycles. The topological polar surface area (TPSA) is 90.3 Å². The van der Waals surface area contributed by atoms with Crippen LogP contribution in [0.3, 0.4) is 0 Å². The minimum absolute atomic E-state index is 0.287. The number of benzene rings is 2. The van der Waals surface area contributed by atoms with Gasteiger partial charge < -0.3 is 20.3 Å². The normalized spacial score (nSPS) is 13.4. The highest BCUT2D eigenvalue weighted by Gasteiger charge is 2.17. The van der Waals surface area contributed by atoms with Gasteiger partial charge in [-0.15, -0.1) is 0 Å². The van der Waals surface area contributed by atoms with E-state index in [0.29, 0.717) is 30.2 Å². The number of amides is 1. The molecule has 7 nitrogen and oxygen atoms in total. The van der Waals surface area contributed by atoms with Gasteiger partial charge in [0.2, 0.25) is 0 Å². The molecule has 0 bridgehead atoms. The third-order valence-corrected chi connectivity index (χ3v) is 4.78. The Morgan fingerprint density at radius 1 is 1.03 bits per heavy atom. The van der Waals surface area contributed by atoms with Crippen molar-refractivity contribution in [1.82, 2.24) is 4.98 Å². The number of hydrogen-bond donors (Lipinski definition) is 2. The van der Waals surface area contributed by atoms with Crippen LogP contribution in [0.15, 0.2) is 66.9 Å². The number of rotatable bonds is 5. The Hall–Kier alpha value is -3.89. The summed E-state index contributed by atoms with van der Waals surface area (Å²) in [5.41, 5.74) is 4.05. The summed E-state index contributed by atoms with van der Waals surface area (Å²) in [5.74, 6) is -0.287. The summed E-state index contributed by atoms with van der Waals surface area (Å²) in [7, 11) is 0. The van der Waals surface area contributed by atoms with E-state index in [0.717, 1.165) is 30.2 Å². The summed E-state index contributed by atoms with van der Waals surface area (Å²) >= 11 is 0. The van der Waals surface area contributed by atoms with Gasteiger partial charge in [-0.05, 0) is 42.5 Å². The summed E-state index contributed by atoms with van der Waals surface area (Å²) in [5, 5.41) is 15.2. The minimum atomic E-state index is -0.287. The lowest BCUT2D eigenvalue weighted by atomic mass is 10.2. The molecule has 0 radical (unpaired) electrons. The molecule has 1 amide bonds. The Balaban J connectivity index is 1.51. The lowest BCUT2D eigenvalue weighted by Gasteiger charge is -2.30. The number of pyridine rings is 1. The summed E-state index contributed by atoms with van der Waals surface area (Å²) in [6, 6.07) is 20.5. The molecule has 3 aromatic rings. The van der Waals surface area contributed by atoms with Crippen molar-refractivity contribution in [2.24, 2.45) is 0 Å². The predicted octanol–water partition coefficient (Wildman–Crippen LogP) is 3.79. The molecule has 7 heteroatoms. The van der Waals surface area contributed by atoms with Gasteiger partial charge in [0.25, 0.3) is 5.91 Å². The number of ether oxygens (including phenoxy) is 1. The van der Waals surface area contributed by atoms with Gasteiger partial charge in [-0.1, -0.05) is 18.2 Å². The number of nitrogens with one attached hydrogen (secondary N) is 2. The smallest absolute Gasteiger partial charge is 0.274 e. The lowest BCUT2D eigenvalue weighted by molar-refractivity contribution is 0.102. The Kier molecular flexibility index (Phi) is 5.88. The molecule has 1 fully saturated rings. The molecule has 0 aliphatic carbocycles. The Labute approximate surface area is 174 Å². The first kappa shape index (κ1) is 19.4. The third-order valence-electron chi connectivity index (χ3n) is 4.78. The van der Waals surface area contributed by atoms with Crippen molar-refractivity contribution < 1.29 is 9.53 Å². The van der Waals surface area contributed by atoms with Crippen LogP contribution in [0.1, 0.15) is 16.1 Å². The van der Waals surface area contributed by atoms with Gasteiger partial charge in [0.15, 0.2) is 0 Å². The molecular weight excluding hydrogens is 378 g/mol. The monoisotopic (exact) mass is 399 g/mol. The van der Waals surface area contributed by atoms with Crippen LogP contribution in [-0.4, -0.2) is 37.2 Å². The van der Waals surface area contributed by atoms with Crippen LogP contribution in [0.4, 0.5) is 22.7 Å². The Bertz CT molecular complexity index is 1090. The van der Waals surface area contributed by atoms with Crippen molar-refractivity contribution >= 4 is 28.7 Å². The molecule has 0 saturated carbocycles. The zero-order valence-electron chi connectivity index (χ0n) is 16.3. The van der Waals surface area contributed by atoms with E-state index in [4.69, 9.17) is 10.00 Å². The largest absolute Gasteiger partial charge is 0.378 e. The van der Waals surface area contributed by atoms with Gasteiger partial charge in [0, 0.05) is 30.7 Å². The number of nitriles is 1. The van der Waals surface area contributed by atoms with E-state index in [1.807, 2.05) is 30.3 Å². The maximum absolute atomic E-state index is 12.9. The fourth-order valence-electron chi connectivity index (χ4n) is 3.31. The summed E-state index contributed by atoms with van der Waals surface area (Å²) in [4.78, 5) is 19.3. The Morgan fingerprint density at radius 2 is 1.83 bits per heavy atom. The van der Waals surface area contributed by atoms with E-state index in [-0.39, 0.29) is 5.91 Å². The fraction of sp³-hybridized carbons (Fsp3) is 0.174. The number of morpholine rings is 1. The second-order valence-corrected chi connectivity index (χ2v) is 6.82. The van der Waals surface area contributed by atoms with Crippen molar-refractivity contribution in [1.29, 1.82) is 5.26 Å². The van der Waals surface area contributed by atoms with Crippen LogP contribution in [0.25, 0.3) is 0 Å². The second kappa shape index (κ2) is 9.07. The van der Waals surface area contributed by atoms with Crippen molar-refractivity contribution in [3.05, 3.63) is 78.1 Å². The van der Waals surface area contributed by atoms with Crippen molar-refractivity contribution in [2.75, 3.05) is 41.8 Å². The second-order valence-electron chi connectivity index (χ2n) is 6.82. The molecule has 2 heterocycles. The third kappa shape index (κ3) is 4.57. The van der Waals surface area contributed by atoms with E-state index >= 15 is 0 Å². The Morgan fingerprint density at radius 3 is 2.67 bits per heavy atom. The number of aromatic nitrogens is 1. The van der Waals surface area contributed by atoms with E-state index < -0.39 is 0 Å². The number of anilines is 4. The molecule has 1 aromatic heterocycles. The quantitative estimate of drug-likeness (QED) is 0.678. The fourth-order valence-corrected chi connectivity index (χ4v) is 3.31. The summed E-state index contributed by atoms with van der Waals surface area (Å²) in [6.45, 7) is 2.91. The van der Waals surface area contributed by atoms with E-state index in [2.05, 4.69) is 26.6 Å². The van der Waals surface area contributed by atoms with Gasteiger partial charge >= 0.3 is 0 Å². The van der Waals surface area contributed by atoms with E-state index in [1.54, 1.807) is 36.5 Å². The van der Waals surface area contributed by atoms with Gasteiger partial charge in [0.1, 0.15) is 5.69 Å². The minimum Gasteiger partial charge on any atom is -0.378 e. The zero-order chi connectivity index (χ0) is 20.8. The van der Waals surface area contributed by atoms with Gasteiger partial charge in [0.05, 0.1) is 36.2 Å². The zero-order valence-corrected chi connectivity index (χ0v) is 16.3. The van der Waals surface area contributed by atoms with Crippen LogP contribution in [-0.2, 0) is 4.74 Å². The van der Waals surface area contributed by atoms with Crippen LogP contribution >= 0.6 is 0 Å². The number of carbonyl (C=O) groups is 1. The van der Waals surface area contributed by atoms with Crippen molar-refractivity contribution in [3.8, 4) is 6.07 Å². The molecule has 30 heavy (non-hydrogen) atoms. The van der Waals surface area contributed by atoms with Gasteiger partial charge in [-0.3, -0.25) is 9.78 Å². The predicted molar refractivity (Wildman–Crippen MR) is 116 cm³/mol. The van der Waals surface area contributed by atoms with Crippen molar-refractivity contribution in [3.63, 3.8) is 0 Å². The molecule has 0 unspecified atom stereocenters. The average Bonchev–Trinajstić information content (AvgIpc) is 2.80. The van der Waals surface area contributed by atoms with Crippen LogP contribution < -0.4 is 15.5 Å². The molecular formula is C23H21N5O2. The number of nitrogens with zero attached hydrogens (tertiary/aromatic N) is 3. The highest BCUT2D eigenvalue weighted by atomic mass is 16.5. The lowest BCUT2D eigenvalue weighted by Crippen LogP contribution is -2.36. The van der Waals surface area contributed by atoms with Crippen LogP contribution in [0.2, 0.25) is 0 Å². The molecule has 4 rings (SSSR count).